The average Bonchev–Trinajstić information content (AvgIpc) is 3.28. The van der Waals surface area contributed by atoms with Crippen LogP contribution in [-0.4, -0.2) is 15.0 Å². The van der Waals surface area contributed by atoms with Gasteiger partial charge in [0.05, 0.1) is 0 Å². The summed E-state index contributed by atoms with van der Waals surface area (Å²) in [4.78, 5) is 15.8. The van der Waals surface area contributed by atoms with Crippen LogP contribution in [0.5, 0.6) is 0 Å². The minimum absolute atomic E-state index is 0.635. The molecule has 3 heteroatoms. The second-order valence-corrected chi connectivity index (χ2v) is 14.4. The number of hydrogen-bond donors (Lipinski definition) is 0. The second-order valence-electron chi connectivity index (χ2n) is 14.4. The lowest BCUT2D eigenvalue weighted by Gasteiger charge is -2.13. The summed E-state index contributed by atoms with van der Waals surface area (Å²) in [5.41, 5.74) is 7.55. The van der Waals surface area contributed by atoms with Gasteiger partial charge in [0.25, 0.3) is 0 Å². The van der Waals surface area contributed by atoms with Gasteiger partial charge in [0.15, 0.2) is 17.5 Å². The molecule has 0 amide bonds. The van der Waals surface area contributed by atoms with E-state index in [1.807, 2.05) is 0 Å². The topological polar surface area (TPSA) is 38.7 Å². The van der Waals surface area contributed by atoms with Crippen LogP contribution in [0.4, 0.5) is 0 Å². The smallest absolute Gasteiger partial charge is 0.164 e. The van der Waals surface area contributed by atoms with Crippen molar-refractivity contribution in [1.82, 2.24) is 15.0 Å². The molecule has 11 rings (SSSR count). The molecule has 0 saturated heterocycles. The third kappa shape index (κ3) is 5.57. The molecule has 0 saturated carbocycles. The van der Waals surface area contributed by atoms with E-state index < -0.39 is 0 Å². The largest absolute Gasteiger partial charge is 0.208 e. The first-order valence-electron chi connectivity index (χ1n) is 19.0. The molecule has 0 unspecified atom stereocenters. The Morgan fingerprint density at radius 3 is 1.43 bits per heavy atom. The fourth-order valence-electron chi connectivity index (χ4n) is 8.21. The lowest BCUT2D eigenvalue weighted by molar-refractivity contribution is 1.08. The lowest BCUT2D eigenvalue weighted by atomic mass is 9.96. The monoisotopic (exact) mass is 711 g/mol. The highest BCUT2D eigenvalue weighted by molar-refractivity contribution is 6.13. The van der Waals surface area contributed by atoms with Crippen molar-refractivity contribution in [2.45, 2.75) is 0 Å². The molecule has 0 aliphatic rings. The summed E-state index contributed by atoms with van der Waals surface area (Å²) >= 11 is 0. The van der Waals surface area contributed by atoms with Crippen LogP contribution in [0.25, 0.3) is 110 Å². The van der Waals surface area contributed by atoms with E-state index in [4.69, 9.17) is 15.0 Å². The fraction of sp³-hybridized carbons (Fsp3) is 0. The van der Waals surface area contributed by atoms with Gasteiger partial charge in [-0.15, -0.1) is 0 Å². The lowest BCUT2D eigenvalue weighted by Crippen LogP contribution is -2.01. The van der Waals surface area contributed by atoms with E-state index in [2.05, 4.69) is 200 Å². The van der Waals surface area contributed by atoms with E-state index in [0.717, 1.165) is 38.6 Å². The summed E-state index contributed by atoms with van der Waals surface area (Å²) in [6.45, 7) is 0. The van der Waals surface area contributed by atoms with Crippen LogP contribution < -0.4 is 0 Å². The Morgan fingerprint density at radius 2 is 0.679 bits per heavy atom. The highest BCUT2D eigenvalue weighted by Crippen LogP contribution is 2.37. The molecular formula is C53H33N3. The van der Waals surface area contributed by atoms with Gasteiger partial charge in [0.2, 0.25) is 0 Å². The summed E-state index contributed by atoms with van der Waals surface area (Å²) in [6.07, 6.45) is 0. The number of nitrogens with zero attached hydrogens (tertiary/aromatic N) is 3. The van der Waals surface area contributed by atoms with Gasteiger partial charge in [0, 0.05) is 16.7 Å². The fourth-order valence-corrected chi connectivity index (χ4v) is 8.21. The molecule has 0 fully saturated rings. The van der Waals surface area contributed by atoms with Crippen molar-refractivity contribution < 1.29 is 0 Å². The Labute approximate surface area is 324 Å². The zero-order chi connectivity index (χ0) is 37.0. The second kappa shape index (κ2) is 13.1. The van der Waals surface area contributed by atoms with Crippen LogP contribution in [0.15, 0.2) is 200 Å². The molecule has 0 radical (unpaired) electrons. The third-order valence-electron chi connectivity index (χ3n) is 11.1. The molecule has 0 atom stereocenters. The van der Waals surface area contributed by atoms with Crippen LogP contribution in [-0.2, 0) is 0 Å². The molecule has 10 aromatic carbocycles. The van der Waals surface area contributed by atoms with Crippen molar-refractivity contribution in [3.63, 3.8) is 0 Å². The van der Waals surface area contributed by atoms with Gasteiger partial charge in [-0.3, -0.25) is 0 Å². The first-order valence-corrected chi connectivity index (χ1v) is 19.0. The van der Waals surface area contributed by atoms with E-state index >= 15 is 0 Å². The van der Waals surface area contributed by atoms with Crippen LogP contribution in [0.1, 0.15) is 0 Å². The summed E-state index contributed by atoms with van der Waals surface area (Å²) in [6, 6.07) is 71.3. The SMILES string of the molecule is c1ccc(-c2ccc3cc(-c4cccc(-c5nc(-c6ccc7ccc8ccccc8c7c6)nc(-c6cc7ccccc7c7ccccc67)n5)c4)ccc3c2)cc1. The Kier molecular flexibility index (Phi) is 7.49. The van der Waals surface area contributed by atoms with Crippen molar-refractivity contribution in [2.24, 2.45) is 0 Å². The van der Waals surface area contributed by atoms with Gasteiger partial charge < -0.3 is 0 Å². The van der Waals surface area contributed by atoms with Crippen LogP contribution in [0.3, 0.4) is 0 Å². The summed E-state index contributed by atoms with van der Waals surface area (Å²) in [7, 11) is 0. The number of fused-ring (bicyclic) bond motifs is 7. The molecule has 0 aliphatic carbocycles. The van der Waals surface area contributed by atoms with Crippen molar-refractivity contribution >= 4 is 53.9 Å². The van der Waals surface area contributed by atoms with Crippen molar-refractivity contribution in [3.05, 3.63) is 200 Å². The number of rotatable bonds is 5. The predicted octanol–water partition coefficient (Wildman–Crippen LogP) is 14.0. The Bertz CT molecular complexity index is 3310. The van der Waals surface area contributed by atoms with Crippen molar-refractivity contribution in [1.29, 1.82) is 0 Å². The van der Waals surface area contributed by atoms with Gasteiger partial charge in [0.1, 0.15) is 0 Å². The number of benzene rings is 10. The Hall–Kier alpha value is -7.49. The van der Waals surface area contributed by atoms with Crippen molar-refractivity contribution in [2.75, 3.05) is 0 Å². The maximum atomic E-state index is 5.27. The molecule has 11 aromatic rings. The number of hydrogen-bond acceptors (Lipinski definition) is 3. The molecule has 0 N–H and O–H groups in total. The maximum absolute atomic E-state index is 5.27. The van der Waals surface area contributed by atoms with Crippen LogP contribution >= 0.6 is 0 Å². The first-order chi connectivity index (χ1) is 27.7. The normalized spacial score (nSPS) is 11.6. The van der Waals surface area contributed by atoms with E-state index in [-0.39, 0.29) is 0 Å². The molecule has 0 spiro atoms. The van der Waals surface area contributed by atoms with Gasteiger partial charge >= 0.3 is 0 Å². The van der Waals surface area contributed by atoms with Crippen LogP contribution in [0.2, 0.25) is 0 Å². The molecule has 3 nitrogen and oxygen atoms in total. The summed E-state index contributed by atoms with van der Waals surface area (Å²) in [5, 5.41) is 11.8. The highest BCUT2D eigenvalue weighted by atomic mass is 15.0. The predicted molar refractivity (Wildman–Crippen MR) is 235 cm³/mol. The van der Waals surface area contributed by atoms with Gasteiger partial charge in [-0.2, -0.15) is 0 Å². The van der Waals surface area contributed by atoms with E-state index in [1.54, 1.807) is 0 Å². The number of aromatic nitrogens is 3. The minimum Gasteiger partial charge on any atom is -0.208 e. The zero-order valence-electron chi connectivity index (χ0n) is 30.4. The van der Waals surface area contributed by atoms with Crippen LogP contribution in [0, 0.1) is 0 Å². The zero-order valence-corrected chi connectivity index (χ0v) is 30.4. The Morgan fingerprint density at radius 1 is 0.214 bits per heavy atom. The maximum Gasteiger partial charge on any atom is 0.164 e. The summed E-state index contributed by atoms with van der Waals surface area (Å²) in [5.74, 6) is 1.92. The molecule has 1 heterocycles. The van der Waals surface area contributed by atoms with Gasteiger partial charge in [-0.25, -0.2) is 15.0 Å². The highest BCUT2D eigenvalue weighted by Gasteiger charge is 2.17. The molecule has 260 valence electrons. The third-order valence-corrected chi connectivity index (χ3v) is 11.1. The molecule has 1 aromatic heterocycles. The molecule has 0 aliphatic heterocycles. The van der Waals surface area contributed by atoms with Crippen molar-refractivity contribution in [3.8, 4) is 56.4 Å². The van der Waals surface area contributed by atoms with Gasteiger partial charge in [-0.1, -0.05) is 170 Å². The minimum atomic E-state index is 0.635. The first kappa shape index (κ1) is 32.0. The molecular weight excluding hydrogens is 679 g/mol. The van der Waals surface area contributed by atoms with E-state index in [9.17, 15) is 0 Å². The quantitative estimate of drug-likeness (QED) is 0.167. The summed E-state index contributed by atoms with van der Waals surface area (Å²) < 4.78 is 0. The van der Waals surface area contributed by atoms with E-state index in [1.165, 1.54) is 54.2 Å². The average molecular weight is 712 g/mol. The molecule has 0 bridgehead atoms. The standard InChI is InChI=1S/C53H33N3/c1-2-11-34(12-3-1)38-24-25-41-30-39(26-27-40(41)29-38)37-15-10-16-43(31-37)51-54-52(44-28-23-36-22-21-35-13-4-6-17-45(35)49(36)33-44)56-53(55-51)50-32-42-14-5-7-18-46(42)47-19-8-9-20-48(47)50/h1-33H. The molecule has 56 heavy (non-hydrogen) atoms. The Balaban J connectivity index is 1.08. The van der Waals surface area contributed by atoms with E-state index in [0.29, 0.717) is 17.5 Å². The van der Waals surface area contributed by atoms with Gasteiger partial charge in [-0.05, 0) is 106 Å².